The van der Waals surface area contributed by atoms with Gasteiger partial charge in [0.25, 0.3) is 0 Å². The summed E-state index contributed by atoms with van der Waals surface area (Å²) in [6.07, 6.45) is 0. The van der Waals surface area contributed by atoms with Gasteiger partial charge in [-0.25, -0.2) is 0 Å². The topological polar surface area (TPSA) is 14.8 Å². The van der Waals surface area contributed by atoms with Crippen molar-refractivity contribution in [3.63, 3.8) is 0 Å². The highest BCUT2D eigenvalue weighted by Gasteiger charge is 2.20. The fourth-order valence-corrected chi connectivity index (χ4v) is 8.50. The van der Waals surface area contributed by atoms with E-state index in [1.54, 1.807) is 0 Å². The highest BCUT2D eigenvalue weighted by molar-refractivity contribution is 6.29. The molecule has 3 heterocycles. The third kappa shape index (κ3) is 4.06. The van der Waals surface area contributed by atoms with Gasteiger partial charge in [-0.05, 0) is 83.9 Å². The van der Waals surface area contributed by atoms with E-state index < -0.39 is 0 Å². The minimum absolute atomic E-state index is 1.15. The highest BCUT2D eigenvalue weighted by atomic mass is 15.0. The van der Waals surface area contributed by atoms with Crippen LogP contribution in [0.4, 0.5) is 0 Å². The molecule has 0 bridgehead atoms. The average molecular weight is 650 g/mol. The zero-order valence-electron chi connectivity index (χ0n) is 27.7. The summed E-state index contributed by atoms with van der Waals surface area (Å²) in [4.78, 5) is 0. The van der Waals surface area contributed by atoms with Gasteiger partial charge >= 0.3 is 0 Å². The Morgan fingerprint density at radius 3 is 1.08 bits per heavy atom. The zero-order valence-corrected chi connectivity index (χ0v) is 27.7. The third-order valence-corrected chi connectivity index (χ3v) is 10.6. The maximum atomic E-state index is 2.44. The number of hydrogen-bond donors (Lipinski definition) is 0. The summed E-state index contributed by atoms with van der Waals surface area (Å²) in [6.45, 7) is 0. The quantitative estimate of drug-likeness (QED) is 0.180. The Hall–Kier alpha value is -6.84. The van der Waals surface area contributed by atoms with Crippen LogP contribution in [0.25, 0.3) is 93.6 Å². The van der Waals surface area contributed by atoms with Crippen molar-refractivity contribution in [2.75, 3.05) is 0 Å². The monoisotopic (exact) mass is 649 g/mol. The maximum absolute atomic E-state index is 2.44. The molecule has 0 N–H and O–H groups in total. The minimum Gasteiger partial charge on any atom is -0.309 e. The Kier molecular flexibility index (Phi) is 5.96. The number of aromatic nitrogens is 3. The van der Waals surface area contributed by atoms with Crippen molar-refractivity contribution in [1.29, 1.82) is 0 Å². The van der Waals surface area contributed by atoms with Crippen LogP contribution in [0.15, 0.2) is 188 Å². The molecule has 0 spiro atoms. The lowest BCUT2D eigenvalue weighted by atomic mass is 10.0. The van der Waals surface area contributed by atoms with Crippen molar-refractivity contribution in [2.24, 2.45) is 0 Å². The first-order valence-corrected chi connectivity index (χ1v) is 17.5. The maximum Gasteiger partial charge on any atom is 0.0548 e. The summed E-state index contributed by atoms with van der Waals surface area (Å²) in [6, 6.07) is 68.3. The predicted molar refractivity (Wildman–Crippen MR) is 215 cm³/mol. The van der Waals surface area contributed by atoms with E-state index in [1.807, 2.05) is 0 Å². The lowest BCUT2D eigenvalue weighted by Crippen LogP contribution is -1.96. The van der Waals surface area contributed by atoms with E-state index in [2.05, 4.69) is 202 Å². The summed E-state index contributed by atoms with van der Waals surface area (Å²) < 4.78 is 7.24. The molecular weight excluding hydrogens is 619 g/mol. The molecule has 0 amide bonds. The standard InChI is InChI=1S/C48H31N3/c1-2-16-34(17-3-1)49-43-26-10-6-22-39(43)47-45(49)28-29-46-48(47)40-23-7-11-27-44(40)51(46)36-19-13-15-33(31-36)32-14-12-18-35(30-32)50-41-24-8-4-20-37(41)38-21-5-9-25-42(38)50/h1-31H. The second kappa shape index (κ2) is 10.8. The number of rotatable bonds is 4. The molecule has 8 aromatic carbocycles. The number of hydrogen-bond acceptors (Lipinski definition) is 0. The SMILES string of the molecule is c1ccc(-n2c3ccccc3c3c4c5ccccc5n(-c5cccc(-c6cccc(-n7c8ccccc8c8ccccc87)c6)c5)c4ccc32)cc1. The van der Waals surface area contributed by atoms with Crippen LogP contribution < -0.4 is 0 Å². The van der Waals surface area contributed by atoms with E-state index in [0.29, 0.717) is 0 Å². The molecule has 238 valence electrons. The molecule has 0 radical (unpaired) electrons. The van der Waals surface area contributed by atoms with Crippen LogP contribution in [0, 0.1) is 0 Å². The van der Waals surface area contributed by atoms with Gasteiger partial charge in [-0.2, -0.15) is 0 Å². The van der Waals surface area contributed by atoms with Gasteiger partial charge in [0.1, 0.15) is 0 Å². The van der Waals surface area contributed by atoms with Crippen LogP contribution in [0.5, 0.6) is 0 Å². The first-order valence-electron chi connectivity index (χ1n) is 17.5. The van der Waals surface area contributed by atoms with Crippen molar-refractivity contribution >= 4 is 65.4 Å². The number of nitrogens with zero attached hydrogens (tertiary/aromatic N) is 3. The van der Waals surface area contributed by atoms with Crippen LogP contribution >= 0.6 is 0 Å². The molecule has 0 aliphatic rings. The summed E-state index contributed by atoms with van der Waals surface area (Å²) in [5, 5.41) is 7.64. The Morgan fingerprint density at radius 2 is 0.588 bits per heavy atom. The molecule has 0 atom stereocenters. The fraction of sp³-hybridized carbons (Fsp3) is 0. The van der Waals surface area contributed by atoms with Gasteiger partial charge in [0, 0.05) is 49.4 Å². The second-order valence-corrected chi connectivity index (χ2v) is 13.4. The molecule has 0 aliphatic carbocycles. The number of benzene rings is 8. The van der Waals surface area contributed by atoms with E-state index in [0.717, 1.165) is 11.4 Å². The Balaban J connectivity index is 1.13. The summed E-state index contributed by atoms with van der Waals surface area (Å²) in [5.74, 6) is 0. The Morgan fingerprint density at radius 1 is 0.235 bits per heavy atom. The van der Waals surface area contributed by atoms with Crippen molar-refractivity contribution in [3.8, 4) is 28.2 Å². The van der Waals surface area contributed by atoms with E-state index in [4.69, 9.17) is 0 Å². The van der Waals surface area contributed by atoms with Crippen LogP contribution in [-0.4, -0.2) is 13.7 Å². The third-order valence-electron chi connectivity index (χ3n) is 10.6. The van der Waals surface area contributed by atoms with Gasteiger partial charge in [-0.15, -0.1) is 0 Å². The van der Waals surface area contributed by atoms with E-state index in [-0.39, 0.29) is 0 Å². The van der Waals surface area contributed by atoms with Crippen LogP contribution in [-0.2, 0) is 0 Å². The van der Waals surface area contributed by atoms with Gasteiger partial charge in [-0.1, -0.05) is 115 Å². The van der Waals surface area contributed by atoms with Crippen molar-refractivity contribution in [1.82, 2.24) is 13.7 Å². The fourth-order valence-electron chi connectivity index (χ4n) is 8.50. The molecule has 0 fully saturated rings. The normalized spacial score (nSPS) is 11.9. The highest BCUT2D eigenvalue weighted by Crippen LogP contribution is 2.42. The molecule has 3 nitrogen and oxygen atoms in total. The zero-order chi connectivity index (χ0) is 33.5. The molecular formula is C48H31N3. The van der Waals surface area contributed by atoms with Gasteiger partial charge < -0.3 is 13.7 Å². The molecule has 0 saturated heterocycles. The van der Waals surface area contributed by atoms with Gasteiger partial charge in [0.2, 0.25) is 0 Å². The molecule has 0 aliphatic heterocycles. The van der Waals surface area contributed by atoms with Gasteiger partial charge in [0.05, 0.1) is 33.1 Å². The molecule has 11 rings (SSSR count). The molecule has 0 saturated carbocycles. The van der Waals surface area contributed by atoms with Crippen LogP contribution in [0.1, 0.15) is 0 Å². The largest absolute Gasteiger partial charge is 0.309 e. The van der Waals surface area contributed by atoms with Gasteiger partial charge in [0.15, 0.2) is 0 Å². The molecule has 51 heavy (non-hydrogen) atoms. The first-order chi connectivity index (χ1) is 25.3. The second-order valence-electron chi connectivity index (χ2n) is 13.4. The average Bonchev–Trinajstić information content (AvgIpc) is 3.84. The number of para-hydroxylation sites is 5. The van der Waals surface area contributed by atoms with E-state index >= 15 is 0 Å². The first kappa shape index (κ1) is 28.0. The van der Waals surface area contributed by atoms with Crippen LogP contribution in [0.2, 0.25) is 0 Å². The summed E-state index contributed by atoms with van der Waals surface area (Å²) in [7, 11) is 0. The van der Waals surface area contributed by atoms with Crippen molar-refractivity contribution < 1.29 is 0 Å². The predicted octanol–water partition coefficient (Wildman–Crippen LogP) is 12.6. The Bertz CT molecular complexity index is 3080. The van der Waals surface area contributed by atoms with Gasteiger partial charge in [-0.3, -0.25) is 0 Å². The molecule has 3 heteroatoms. The van der Waals surface area contributed by atoms with Crippen molar-refractivity contribution in [3.05, 3.63) is 188 Å². The number of fused-ring (bicyclic) bond motifs is 10. The van der Waals surface area contributed by atoms with Crippen LogP contribution in [0.3, 0.4) is 0 Å². The minimum atomic E-state index is 1.15. The molecule has 0 unspecified atom stereocenters. The molecule has 11 aromatic rings. The van der Waals surface area contributed by atoms with E-state index in [9.17, 15) is 0 Å². The van der Waals surface area contributed by atoms with Crippen molar-refractivity contribution in [2.45, 2.75) is 0 Å². The molecule has 3 aromatic heterocycles. The van der Waals surface area contributed by atoms with E-state index in [1.165, 1.54) is 82.2 Å². The smallest absolute Gasteiger partial charge is 0.0548 e. The summed E-state index contributed by atoms with van der Waals surface area (Å²) >= 11 is 0. The lowest BCUT2D eigenvalue weighted by Gasteiger charge is -2.13. The lowest BCUT2D eigenvalue weighted by molar-refractivity contribution is 1.17. The Labute approximate surface area is 294 Å². The summed E-state index contributed by atoms with van der Waals surface area (Å²) in [5.41, 5.74) is 13.1.